The Balaban J connectivity index is 1.25. The molecular weight excluding hydrogens is 340 g/mol. The van der Waals surface area contributed by atoms with E-state index in [9.17, 15) is 9.59 Å². The number of H-pyrrole nitrogens is 1. The monoisotopic (exact) mass is 366 g/mol. The van der Waals surface area contributed by atoms with Crippen LogP contribution in [0.5, 0.6) is 0 Å². The number of benzene rings is 1. The zero-order valence-electron chi connectivity index (χ0n) is 15.5. The molecule has 2 aliphatic rings. The van der Waals surface area contributed by atoms with Crippen LogP contribution in [0.3, 0.4) is 0 Å². The van der Waals surface area contributed by atoms with E-state index < -0.39 is 0 Å². The standard InChI is InChI=1S/C21H26N4O2/c26-20(16-23-10-8-18(15-23)17-5-2-1-3-6-17)24-11-13-25(14-12-24)21(27)19-7-4-9-22-19/h1-7,9,18,22H,8,10-16H2/t18-/m0/s1. The van der Waals surface area contributed by atoms with Crippen LogP contribution in [0, 0.1) is 0 Å². The summed E-state index contributed by atoms with van der Waals surface area (Å²) in [5.41, 5.74) is 1.97. The second-order valence-electron chi connectivity index (χ2n) is 7.39. The second-order valence-corrected chi connectivity index (χ2v) is 7.39. The maximum absolute atomic E-state index is 12.7. The van der Waals surface area contributed by atoms with Gasteiger partial charge in [-0.2, -0.15) is 0 Å². The molecule has 2 saturated heterocycles. The quantitative estimate of drug-likeness (QED) is 0.897. The van der Waals surface area contributed by atoms with Crippen molar-refractivity contribution < 1.29 is 9.59 Å². The average Bonchev–Trinajstić information content (AvgIpc) is 3.40. The molecule has 1 aromatic heterocycles. The molecule has 2 fully saturated rings. The summed E-state index contributed by atoms with van der Waals surface area (Å²) in [6, 6.07) is 14.2. The molecule has 0 spiro atoms. The Morgan fingerprint density at radius 3 is 2.37 bits per heavy atom. The summed E-state index contributed by atoms with van der Waals surface area (Å²) in [5.74, 6) is 0.710. The van der Waals surface area contributed by atoms with Crippen LogP contribution in [0.25, 0.3) is 0 Å². The first-order valence-corrected chi connectivity index (χ1v) is 9.68. The molecule has 0 radical (unpaired) electrons. The summed E-state index contributed by atoms with van der Waals surface area (Å²) in [4.78, 5) is 34.0. The number of carbonyl (C=O) groups excluding carboxylic acids is 2. The van der Waals surface area contributed by atoms with Gasteiger partial charge in [-0.25, -0.2) is 0 Å². The molecule has 0 bridgehead atoms. The van der Waals surface area contributed by atoms with Gasteiger partial charge < -0.3 is 14.8 Å². The van der Waals surface area contributed by atoms with Gasteiger partial charge in [-0.15, -0.1) is 0 Å². The predicted octanol–water partition coefficient (Wildman–Crippen LogP) is 1.79. The van der Waals surface area contributed by atoms with Gasteiger partial charge in [-0.1, -0.05) is 30.3 Å². The van der Waals surface area contributed by atoms with Gasteiger partial charge in [0, 0.05) is 38.9 Å². The number of nitrogens with zero attached hydrogens (tertiary/aromatic N) is 3. The van der Waals surface area contributed by atoms with Crippen molar-refractivity contribution in [3.63, 3.8) is 0 Å². The molecule has 2 aliphatic heterocycles. The van der Waals surface area contributed by atoms with Gasteiger partial charge in [0.1, 0.15) is 5.69 Å². The van der Waals surface area contributed by atoms with E-state index in [0.29, 0.717) is 44.3 Å². The fourth-order valence-electron chi connectivity index (χ4n) is 4.06. The molecule has 1 aromatic carbocycles. The highest BCUT2D eigenvalue weighted by atomic mass is 16.2. The summed E-state index contributed by atoms with van der Waals surface area (Å²) in [6.45, 7) is 4.81. The molecule has 0 saturated carbocycles. The number of aromatic nitrogens is 1. The van der Waals surface area contributed by atoms with E-state index in [1.165, 1.54) is 5.56 Å². The Kier molecular flexibility index (Phi) is 5.25. The number of hydrogen-bond acceptors (Lipinski definition) is 3. The van der Waals surface area contributed by atoms with Crippen LogP contribution in [0.4, 0.5) is 0 Å². The van der Waals surface area contributed by atoms with Crippen LogP contribution in [0.2, 0.25) is 0 Å². The molecule has 1 N–H and O–H groups in total. The third kappa shape index (κ3) is 4.06. The first-order chi connectivity index (χ1) is 13.2. The lowest BCUT2D eigenvalue weighted by molar-refractivity contribution is -0.133. The van der Waals surface area contributed by atoms with Crippen molar-refractivity contribution in [2.75, 3.05) is 45.8 Å². The first-order valence-electron chi connectivity index (χ1n) is 9.68. The van der Waals surface area contributed by atoms with Gasteiger partial charge in [0.15, 0.2) is 0 Å². The molecule has 0 aliphatic carbocycles. The Morgan fingerprint density at radius 2 is 1.67 bits per heavy atom. The fraction of sp³-hybridized carbons (Fsp3) is 0.429. The van der Waals surface area contributed by atoms with E-state index in [4.69, 9.17) is 0 Å². The minimum absolute atomic E-state index is 0.0114. The van der Waals surface area contributed by atoms with E-state index in [1.54, 1.807) is 12.3 Å². The van der Waals surface area contributed by atoms with Crippen LogP contribution in [0.1, 0.15) is 28.4 Å². The Hall–Kier alpha value is -2.60. The number of carbonyl (C=O) groups is 2. The van der Waals surface area contributed by atoms with Crippen molar-refractivity contribution in [3.05, 3.63) is 59.9 Å². The molecule has 2 aromatic rings. The molecule has 4 rings (SSSR count). The molecule has 6 nitrogen and oxygen atoms in total. The van der Waals surface area contributed by atoms with Gasteiger partial charge in [-0.3, -0.25) is 14.5 Å². The predicted molar refractivity (Wildman–Crippen MR) is 104 cm³/mol. The molecule has 27 heavy (non-hydrogen) atoms. The molecule has 142 valence electrons. The molecule has 6 heteroatoms. The molecular formula is C21H26N4O2. The van der Waals surface area contributed by atoms with Crippen molar-refractivity contribution in [1.82, 2.24) is 19.7 Å². The Bertz CT molecular complexity index is 767. The largest absolute Gasteiger partial charge is 0.357 e. The summed E-state index contributed by atoms with van der Waals surface area (Å²) in [6.07, 6.45) is 2.86. The first kappa shape index (κ1) is 17.8. The Labute approximate surface area is 159 Å². The van der Waals surface area contributed by atoms with E-state index in [0.717, 1.165) is 19.5 Å². The zero-order chi connectivity index (χ0) is 18.6. The van der Waals surface area contributed by atoms with Gasteiger partial charge in [0.25, 0.3) is 5.91 Å². The third-order valence-electron chi connectivity index (χ3n) is 5.65. The molecule has 2 amide bonds. The lowest BCUT2D eigenvalue weighted by atomic mass is 9.99. The van der Waals surface area contributed by atoms with Crippen LogP contribution < -0.4 is 0 Å². The van der Waals surface area contributed by atoms with Crippen LogP contribution >= 0.6 is 0 Å². The summed E-state index contributed by atoms with van der Waals surface area (Å²) in [5, 5.41) is 0. The highest BCUT2D eigenvalue weighted by Crippen LogP contribution is 2.26. The number of rotatable bonds is 4. The minimum atomic E-state index is 0.0114. The number of likely N-dealkylation sites (tertiary alicyclic amines) is 1. The molecule has 0 unspecified atom stereocenters. The third-order valence-corrected chi connectivity index (χ3v) is 5.65. The van der Waals surface area contributed by atoms with Crippen molar-refractivity contribution in [2.45, 2.75) is 12.3 Å². The van der Waals surface area contributed by atoms with Crippen molar-refractivity contribution in [1.29, 1.82) is 0 Å². The molecule has 1 atom stereocenters. The highest BCUT2D eigenvalue weighted by molar-refractivity contribution is 5.92. The number of aromatic amines is 1. The normalized spacial score (nSPS) is 20.8. The van der Waals surface area contributed by atoms with E-state index in [1.807, 2.05) is 21.9 Å². The maximum Gasteiger partial charge on any atom is 0.270 e. The number of amides is 2. The fourth-order valence-corrected chi connectivity index (χ4v) is 4.06. The van der Waals surface area contributed by atoms with Crippen molar-refractivity contribution >= 4 is 11.8 Å². The number of hydrogen-bond donors (Lipinski definition) is 1. The van der Waals surface area contributed by atoms with Crippen molar-refractivity contribution in [2.24, 2.45) is 0 Å². The number of nitrogens with one attached hydrogen (secondary N) is 1. The zero-order valence-corrected chi connectivity index (χ0v) is 15.5. The van der Waals surface area contributed by atoms with E-state index in [-0.39, 0.29) is 11.8 Å². The smallest absolute Gasteiger partial charge is 0.270 e. The Morgan fingerprint density at radius 1 is 0.926 bits per heavy atom. The van der Waals surface area contributed by atoms with E-state index in [2.05, 4.69) is 34.1 Å². The summed E-state index contributed by atoms with van der Waals surface area (Å²) in [7, 11) is 0. The van der Waals surface area contributed by atoms with Gasteiger partial charge in [-0.05, 0) is 36.6 Å². The summed E-state index contributed by atoms with van der Waals surface area (Å²) < 4.78 is 0. The lowest BCUT2D eigenvalue weighted by Crippen LogP contribution is -2.52. The van der Waals surface area contributed by atoms with Crippen molar-refractivity contribution in [3.8, 4) is 0 Å². The minimum Gasteiger partial charge on any atom is -0.357 e. The second kappa shape index (κ2) is 7.96. The lowest BCUT2D eigenvalue weighted by Gasteiger charge is -2.35. The van der Waals surface area contributed by atoms with Crippen LogP contribution in [0.15, 0.2) is 48.7 Å². The topological polar surface area (TPSA) is 59.7 Å². The van der Waals surface area contributed by atoms with Crippen LogP contribution in [-0.4, -0.2) is 77.3 Å². The van der Waals surface area contributed by atoms with Gasteiger partial charge in [0.05, 0.1) is 6.54 Å². The van der Waals surface area contributed by atoms with E-state index >= 15 is 0 Å². The van der Waals surface area contributed by atoms with Crippen LogP contribution in [-0.2, 0) is 4.79 Å². The average molecular weight is 366 g/mol. The SMILES string of the molecule is O=C(CN1CC[C@H](c2ccccc2)C1)N1CCN(C(=O)c2ccc[nH]2)CC1. The highest BCUT2D eigenvalue weighted by Gasteiger charge is 2.29. The maximum atomic E-state index is 12.7. The van der Waals surface area contributed by atoms with Gasteiger partial charge in [0.2, 0.25) is 5.91 Å². The number of piperazine rings is 1. The van der Waals surface area contributed by atoms with Gasteiger partial charge >= 0.3 is 0 Å². The molecule has 3 heterocycles. The summed E-state index contributed by atoms with van der Waals surface area (Å²) >= 11 is 0.